The molecule has 4 rings (SSSR count). The Morgan fingerprint density at radius 1 is 0.844 bits per heavy atom. The molecule has 0 radical (unpaired) electrons. The van der Waals surface area contributed by atoms with E-state index in [9.17, 15) is 4.79 Å². The fourth-order valence-electron chi connectivity index (χ4n) is 3.68. The molecule has 1 heterocycles. The lowest BCUT2D eigenvalue weighted by atomic mass is 9.92. The Morgan fingerprint density at radius 2 is 1.44 bits per heavy atom. The van der Waals surface area contributed by atoms with Gasteiger partial charge in [0.25, 0.3) is 0 Å². The van der Waals surface area contributed by atoms with E-state index in [0.29, 0.717) is 0 Å². The predicted molar refractivity (Wildman–Crippen MR) is 132 cm³/mol. The molecule has 1 amide bonds. The molecule has 0 spiro atoms. The average Bonchev–Trinajstić information content (AvgIpc) is 3.21. The van der Waals surface area contributed by atoms with Crippen molar-refractivity contribution in [1.29, 1.82) is 0 Å². The van der Waals surface area contributed by atoms with Crippen LogP contribution in [0.2, 0.25) is 0 Å². The first-order chi connectivity index (χ1) is 15.2. The topological polar surface area (TPSA) is 38.1 Å². The highest BCUT2D eigenvalue weighted by Crippen LogP contribution is 2.33. The molecule has 0 saturated carbocycles. The lowest BCUT2D eigenvalue weighted by molar-refractivity contribution is -0.115. The van der Waals surface area contributed by atoms with Crippen LogP contribution in [0, 0.1) is 6.92 Å². The van der Waals surface area contributed by atoms with Crippen LogP contribution in [0.3, 0.4) is 0 Å². The second kappa shape index (κ2) is 8.46. The van der Waals surface area contributed by atoms with Crippen molar-refractivity contribution in [2.45, 2.75) is 40.0 Å². The highest BCUT2D eigenvalue weighted by atomic mass is 16.2. The van der Waals surface area contributed by atoms with Crippen LogP contribution in [0.5, 0.6) is 0 Å². The minimum atomic E-state index is -0.148. The van der Waals surface area contributed by atoms with Gasteiger partial charge >= 0.3 is 0 Å². The van der Waals surface area contributed by atoms with E-state index in [1.54, 1.807) is 11.8 Å². The van der Waals surface area contributed by atoms with Gasteiger partial charge in [0, 0.05) is 18.4 Å². The first kappa shape index (κ1) is 21.6. The predicted octanol–water partition coefficient (Wildman–Crippen LogP) is 6.83. The van der Waals surface area contributed by atoms with E-state index in [4.69, 9.17) is 5.10 Å². The summed E-state index contributed by atoms with van der Waals surface area (Å²) in [6, 6.07) is 28.5. The largest absolute Gasteiger partial charge is 0.274 e. The van der Waals surface area contributed by atoms with Crippen molar-refractivity contribution in [2.24, 2.45) is 0 Å². The number of rotatable bonds is 4. The third-order valence-electron chi connectivity index (χ3n) is 5.51. The highest BCUT2D eigenvalue weighted by Gasteiger charge is 2.26. The second-order valence-corrected chi connectivity index (χ2v) is 9.15. The smallest absolute Gasteiger partial charge is 0.229 e. The van der Waals surface area contributed by atoms with E-state index >= 15 is 0 Å². The fraction of sp³-hybridized carbons (Fsp3) is 0.214. The van der Waals surface area contributed by atoms with E-state index in [-0.39, 0.29) is 11.3 Å². The van der Waals surface area contributed by atoms with Gasteiger partial charge < -0.3 is 0 Å². The summed E-state index contributed by atoms with van der Waals surface area (Å²) in [6.07, 6.45) is 0. The van der Waals surface area contributed by atoms with Gasteiger partial charge in [0.1, 0.15) is 5.82 Å². The third-order valence-corrected chi connectivity index (χ3v) is 5.51. The van der Waals surface area contributed by atoms with E-state index in [2.05, 4.69) is 64.1 Å². The number of nitrogens with zero attached hydrogens (tertiary/aromatic N) is 3. The minimum absolute atomic E-state index is 0.0637. The third kappa shape index (κ3) is 4.35. The Bertz CT molecular complexity index is 1210. The first-order valence-corrected chi connectivity index (χ1v) is 10.9. The quantitative estimate of drug-likeness (QED) is 0.361. The molecule has 3 aromatic carbocycles. The Kier molecular flexibility index (Phi) is 5.70. The summed E-state index contributed by atoms with van der Waals surface area (Å²) in [5.74, 6) is 0.671. The van der Waals surface area contributed by atoms with Gasteiger partial charge in [-0.3, -0.25) is 9.69 Å². The normalized spacial score (nSPS) is 11.4. The molecular weight excluding hydrogens is 394 g/mol. The van der Waals surface area contributed by atoms with Crippen molar-refractivity contribution in [2.75, 3.05) is 4.90 Å². The summed E-state index contributed by atoms with van der Waals surface area (Å²) in [5.41, 5.74) is 5.95. The molecule has 4 heteroatoms. The van der Waals surface area contributed by atoms with Crippen LogP contribution in [-0.4, -0.2) is 15.7 Å². The molecule has 32 heavy (non-hydrogen) atoms. The van der Waals surface area contributed by atoms with Crippen molar-refractivity contribution in [1.82, 2.24) is 9.78 Å². The van der Waals surface area contributed by atoms with Gasteiger partial charge in [-0.05, 0) is 42.3 Å². The minimum Gasteiger partial charge on any atom is -0.274 e. The number of hydrogen-bond acceptors (Lipinski definition) is 2. The van der Waals surface area contributed by atoms with Crippen LogP contribution >= 0.6 is 0 Å². The van der Waals surface area contributed by atoms with E-state index in [1.807, 2.05) is 53.2 Å². The summed E-state index contributed by atoms with van der Waals surface area (Å²) in [5, 5.41) is 4.90. The molecule has 0 saturated heterocycles. The number of aromatic nitrogens is 2. The van der Waals surface area contributed by atoms with E-state index < -0.39 is 0 Å². The Hall–Kier alpha value is -3.66. The molecule has 4 aromatic rings. The van der Waals surface area contributed by atoms with Gasteiger partial charge in [-0.25, -0.2) is 4.68 Å². The van der Waals surface area contributed by atoms with Crippen LogP contribution in [0.1, 0.15) is 39.0 Å². The molecule has 0 N–H and O–H groups in total. The molecule has 0 aliphatic rings. The van der Waals surface area contributed by atoms with Gasteiger partial charge in [0.2, 0.25) is 5.91 Å². The molecule has 0 bridgehead atoms. The molecule has 0 aliphatic carbocycles. The number of carbonyl (C=O) groups excluding carboxylic acids is 1. The number of aryl methyl sites for hydroxylation is 1. The molecule has 0 aliphatic heterocycles. The highest BCUT2D eigenvalue weighted by molar-refractivity contribution is 5.98. The summed E-state index contributed by atoms with van der Waals surface area (Å²) >= 11 is 0. The van der Waals surface area contributed by atoms with Crippen molar-refractivity contribution in [3.8, 4) is 16.8 Å². The van der Waals surface area contributed by atoms with Crippen molar-refractivity contribution in [3.63, 3.8) is 0 Å². The molecule has 0 fully saturated rings. The average molecular weight is 424 g/mol. The number of amides is 1. The number of benzene rings is 3. The molecule has 162 valence electrons. The van der Waals surface area contributed by atoms with Crippen molar-refractivity contribution in [3.05, 3.63) is 96.2 Å². The zero-order valence-electron chi connectivity index (χ0n) is 19.3. The van der Waals surface area contributed by atoms with Crippen LogP contribution in [0.15, 0.2) is 84.9 Å². The Morgan fingerprint density at radius 3 is 2.00 bits per heavy atom. The maximum atomic E-state index is 12.9. The Labute approximate surface area is 190 Å². The van der Waals surface area contributed by atoms with Gasteiger partial charge in [-0.1, -0.05) is 80.9 Å². The summed E-state index contributed by atoms with van der Waals surface area (Å²) in [7, 11) is 0. The van der Waals surface area contributed by atoms with Crippen molar-refractivity contribution >= 4 is 17.4 Å². The van der Waals surface area contributed by atoms with Crippen molar-refractivity contribution < 1.29 is 4.79 Å². The number of anilines is 2. The van der Waals surface area contributed by atoms with Crippen LogP contribution in [0.4, 0.5) is 11.5 Å². The molecule has 0 unspecified atom stereocenters. The van der Waals surface area contributed by atoms with E-state index in [0.717, 1.165) is 34.0 Å². The number of hydrogen-bond donors (Lipinski definition) is 0. The summed E-state index contributed by atoms with van der Waals surface area (Å²) in [6.45, 7) is 10.0. The standard InChI is InChI=1S/C28H29N3O/c1-20-11-15-25(16-12-20)31-27(19-26(29-31)28(3,4)5)30(21(2)32)24-17-13-23(14-18-24)22-9-7-6-8-10-22/h6-19H,1-5H3. The molecule has 4 nitrogen and oxygen atoms in total. The zero-order chi connectivity index (χ0) is 22.9. The maximum absolute atomic E-state index is 12.9. The maximum Gasteiger partial charge on any atom is 0.229 e. The lowest BCUT2D eigenvalue weighted by Gasteiger charge is -2.22. The zero-order valence-corrected chi connectivity index (χ0v) is 19.3. The second-order valence-electron chi connectivity index (χ2n) is 9.15. The van der Waals surface area contributed by atoms with Gasteiger partial charge in [-0.2, -0.15) is 5.10 Å². The first-order valence-electron chi connectivity index (χ1n) is 10.9. The molecular formula is C28H29N3O. The monoisotopic (exact) mass is 423 g/mol. The van der Waals surface area contributed by atoms with Crippen LogP contribution < -0.4 is 4.90 Å². The lowest BCUT2D eigenvalue weighted by Crippen LogP contribution is -2.25. The van der Waals surface area contributed by atoms with Gasteiger partial charge in [-0.15, -0.1) is 0 Å². The number of carbonyl (C=O) groups is 1. The van der Waals surface area contributed by atoms with Crippen LogP contribution in [-0.2, 0) is 10.2 Å². The summed E-state index contributed by atoms with van der Waals surface area (Å²) < 4.78 is 1.87. The van der Waals surface area contributed by atoms with E-state index in [1.165, 1.54) is 5.56 Å². The van der Waals surface area contributed by atoms with Gasteiger partial charge in [0.15, 0.2) is 0 Å². The molecule has 1 aromatic heterocycles. The summed E-state index contributed by atoms with van der Waals surface area (Å²) in [4.78, 5) is 14.6. The van der Waals surface area contributed by atoms with Crippen LogP contribution in [0.25, 0.3) is 16.8 Å². The van der Waals surface area contributed by atoms with Gasteiger partial charge in [0.05, 0.1) is 17.1 Å². The Balaban J connectivity index is 1.82. The fourth-order valence-corrected chi connectivity index (χ4v) is 3.68. The SMILES string of the molecule is CC(=O)N(c1ccc(-c2ccccc2)cc1)c1cc(C(C)(C)C)nn1-c1ccc(C)cc1. The molecule has 0 atom stereocenters.